The number of likely N-dealkylation sites (tertiary alicyclic amines) is 1. The third-order valence-corrected chi connectivity index (χ3v) is 15.1. The molecule has 4 aliphatic heterocycles. The molecule has 74 heavy (non-hydrogen) atoms. The Bertz CT molecular complexity index is 2930. The van der Waals surface area contributed by atoms with Gasteiger partial charge in [-0.25, -0.2) is 19.7 Å². The fourth-order valence-corrected chi connectivity index (χ4v) is 11.0. The van der Waals surface area contributed by atoms with Gasteiger partial charge in [0.2, 0.25) is 17.7 Å². The highest BCUT2D eigenvalue weighted by Gasteiger charge is 2.38. The number of imide groups is 1. The van der Waals surface area contributed by atoms with Gasteiger partial charge < -0.3 is 31.1 Å². The average molecular weight is 1020 g/mol. The number of piperidine rings is 1. The molecule has 8 heterocycles. The number of allylic oxidation sites excluding steroid dienone is 1. The summed E-state index contributed by atoms with van der Waals surface area (Å²) in [5.41, 5.74) is 9.87. The lowest BCUT2D eigenvalue weighted by atomic mass is 9.90. The van der Waals surface area contributed by atoms with Crippen LogP contribution < -0.4 is 26.6 Å². The number of nitrogens with zero attached hydrogens (tertiary/aromatic N) is 9. The van der Waals surface area contributed by atoms with Gasteiger partial charge in [-0.05, 0) is 113 Å². The van der Waals surface area contributed by atoms with Gasteiger partial charge in [0, 0.05) is 86.9 Å². The number of aromatic nitrogens is 5. The second-order valence-corrected chi connectivity index (χ2v) is 20.2. The Balaban J connectivity index is 0.744. The van der Waals surface area contributed by atoms with E-state index in [-0.39, 0.29) is 65.6 Å². The van der Waals surface area contributed by atoms with Crippen molar-refractivity contribution in [3.8, 4) is 11.3 Å². The molecular weight excluding hydrogens is 956 g/mol. The molecule has 388 valence electrons. The number of urea groups is 1. The summed E-state index contributed by atoms with van der Waals surface area (Å²) in [5, 5.41) is 13.9. The molecular formula is C53H60F3N13O5. The van der Waals surface area contributed by atoms with E-state index in [9.17, 15) is 37.1 Å². The van der Waals surface area contributed by atoms with Crippen molar-refractivity contribution in [2.45, 2.75) is 101 Å². The highest BCUT2D eigenvalue weighted by molar-refractivity contribution is 6.06. The molecule has 0 radical (unpaired) electrons. The predicted molar refractivity (Wildman–Crippen MR) is 271 cm³/mol. The summed E-state index contributed by atoms with van der Waals surface area (Å²) in [6, 6.07) is 11.8. The highest BCUT2D eigenvalue weighted by atomic mass is 19.4. The van der Waals surface area contributed by atoms with Crippen molar-refractivity contribution in [2.75, 3.05) is 61.8 Å². The third kappa shape index (κ3) is 11.4. The number of fused-ring (bicyclic) bond motifs is 3. The lowest BCUT2D eigenvalue weighted by molar-refractivity contribution is -0.137. The van der Waals surface area contributed by atoms with Gasteiger partial charge in [0.1, 0.15) is 23.1 Å². The maximum atomic E-state index is 13.9. The molecule has 3 saturated heterocycles. The standard InChI is InChI=1S/C53H60F3N13O5/c54-53(55,56)38-16-20-58-42(25-38)62-51(73)36-12-10-35(11-13-36)48-47-49-37(28-60-50(47)57)5-2-1-3-21-66(32-45(71)61-39-6-4-7-40(26-39)69(49)64-48)46(72)15-9-33-17-22-65(23-18-33)29-34-8-14-43(59-27-34)67-30-41(31-67)68-24-19-44(70)63-52(68)74/h2,5,8,10-14,16,20,25,27-28,33,39-41H,1,3-4,6-7,9,15,17-19,21-24,26,29-32H2,(H2,57,60)(H,61,71)(H,58,62,73)(H,63,70,74)/b5-2+/t39-,40-/m1/s1. The van der Waals surface area contributed by atoms with Crippen molar-refractivity contribution in [3.05, 3.63) is 95.5 Å². The molecule has 21 heteroatoms. The molecule has 5 N–H and O–H groups in total. The molecule has 0 spiro atoms. The van der Waals surface area contributed by atoms with Crippen LogP contribution in [0.4, 0.5) is 35.4 Å². The van der Waals surface area contributed by atoms with Crippen LogP contribution >= 0.6 is 0 Å². The van der Waals surface area contributed by atoms with Crippen molar-refractivity contribution in [3.63, 3.8) is 0 Å². The number of halogens is 3. The Morgan fingerprint density at radius 3 is 2.43 bits per heavy atom. The van der Waals surface area contributed by atoms with Gasteiger partial charge in [-0.1, -0.05) is 30.4 Å². The van der Waals surface area contributed by atoms with E-state index in [0.29, 0.717) is 80.8 Å². The molecule has 2 atom stereocenters. The molecule has 4 aromatic heterocycles. The van der Waals surface area contributed by atoms with Crippen molar-refractivity contribution in [2.24, 2.45) is 5.92 Å². The zero-order valence-electron chi connectivity index (χ0n) is 41.0. The molecule has 1 saturated carbocycles. The molecule has 5 aromatic rings. The Morgan fingerprint density at radius 2 is 1.68 bits per heavy atom. The minimum Gasteiger partial charge on any atom is -0.383 e. The molecule has 10 rings (SSSR count). The monoisotopic (exact) mass is 1020 g/mol. The number of pyridine rings is 3. The summed E-state index contributed by atoms with van der Waals surface area (Å²) >= 11 is 0. The summed E-state index contributed by atoms with van der Waals surface area (Å²) in [7, 11) is 0. The molecule has 1 aromatic carbocycles. The zero-order valence-corrected chi connectivity index (χ0v) is 41.0. The van der Waals surface area contributed by atoms with Gasteiger partial charge in [0.25, 0.3) is 5.91 Å². The van der Waals surface area contributed by atoms with E-state index in [1.54, 1.807) is 40.3 Å². The number of hydrogen-bond donors (Lipinski definition) is 4. The first-order valence-electron chi connectivity index (χ1n) is 25.6. The van der Waals surface area contributed by atoms with E-state index < -0.39 is 17.6 Å². The van der Waals surface area contributed by atoms with E-state index >= 15 is 0 Å². The summed E-state index contributed by atoms with van der Waals surface area (Å²) in [4.78, 5) is 85.7. The summed E-state index contributed by atoms with van der Waals surface area (Å²) < 4.78 is 41.8. The lowest BCUT2D eigenvalue weighted by Gasteiger charge is -2.46. The van der Waals surface area contributed by atoms with Crippen LogP contribution in [-0.4, -0.2) is 127 Å². The Morgan fingerprint density at radius 1 is 0.865 bits per heavy atom. The van der Waals surface area contributed by atoms with Crippen LogP contribution in [0.5, 0.6) is 0 Å². The number of nitrogen functional groups attached to an aromatic ring is 1. The number of hydrogen-bond acceptors (Lipinski definition) is 12. The van der Waals surface area contributed by atoms with Gasteiger partial charge in [0.05, 0.1) is 35.1 Å². The first-order valence-corrected chi connectivity index (χ1v) is 25.6. The van der Waals surface area contributed by atoms with E-state index in [1.807, 2.05) is 29.1 Å². The average Bonchev–Trinajstić information content (AvgIpc) is 3.79. The molecule has 2 bridgehead atoms. The van der Waals surface area contributed by atoms with Crippen LogP contribution in [0.15, 0.2) is 73.2 Å². The Kier molecular flexibility index (Phi) is 14.6. The Hall–Kier alpha value is -7.42. The van der Waals surface area contributed by atoms with Gasteiger partial charge >= 0.3 is 12.2 Å². The van der Waals surface area contributed by atoms with Crippen LogP contribution in [0.1, 0.15) is 104 Å². The van der Waals surface area contributed by atoms with Gasteiger partial charge in [0.15, 0.2) is 0 Å². The number of nitrogens with two attached hydrogens (primary N) is 1. The maximum Gasteiger partial charge on any atom is 0.416 e. The minimum atomic E-state index is -4.59. The van der Waals surface area contributed by atoms with Gasteiger partial charge in [-0.15, -0.1) is 0 Å². The van der Waals surface area contributed by atoms with E-state index in [2.05, 4.69) is 41.8 Å². The topological polar surface area (TPSA) is 217 Å². The van der Waals surface area contributed by atoms with Crippen molar-refractivity contribution >= 4 is 64.1 Å². The number of rotatable bonds is 10. The fraction of sp³-hybridized carbons (Fsp3) is 0.453. The maximum absolute atomic E-state index is 13.9. The molecule has 0 unspecified atom stereocenters. The number of carbonyl (C=O) groups is 5. The number of carbonyl (C=O) groups excluding carboxylic acids is 5. The SMILES string of the molecule is Nc1ncc2c3c1c(-c1ccc(C(=O)Nc4cc(C(F)(F)F)ccn4)cc1)nn3[C@@H]1CCC[C@H](C1)NC(=O)CN(C(=O)CCC1CCN(Cc3ccc(N4CC(N5CCC(=O)NC5=O)C4)nc3)CC1)CCC/C=C/2. The predicted octanol–water partition coefficient (Wildman–Crippen LogP) is 6.80. The summed E-state index contributed by atoms with van der Waals surface area (Å²) in [6.07, 6.45) is 11.9. The van der Waals surface area contributed by atoms with Crippen LogP contribution in [0.2, 0.25) is 0 Å². The smallest absolute Gasteiger partial charge is 0.383 e. The fourth-order valence-electron chi connectivity index (χ4n) is 11.0. The molecule has 6 amide bonds. The van der Waals surface area contributed by atoms with Gasteiger partial charge in [-0.3, -0.25) is 34.1 Å². The highest BCUT2D eigenvalue weighted by Crippen LogP contribution is 2.39. The molecule has 18 nitrogen and oxygen atoms in total. The van der Waals surface area contributed by atoms with Crippen LogP contribution in [0, 0.1) is 5.92 Å². The van der Waals surface area contributed by atoms with E-state index in [0.717, 1.165) is 99.0 Å². The number of amides is 6. The van der Waals surface area contributed by atoms with Crippen LogP contribution in [0.3, 0.4) is 0 Å². The normalized spacial score (nSPS) is 21.1. The van der Waals surface area contributed by atoms with Crippen LogP contribution in [0.25, 0.3) is 28.2 Å². The first kappa shape index (κ1) is 50.1. The van der Waals surface area contributed by atoms with Crippen molar-refractivity contribution in [1.82, 2.24) is 50.1 Å². The van der Waals surface area contributed by atoms with Gasteiger partial charge in [-0.2, -0.15) is 18.3 Å². The second-order valence-electron chi connectivity index (χ2n) is 20.2. The van der Waals surface area contributed by atoms with Crippen molar-refractivity contribution in [1.29, 1.82) is 0 Å². The molecule has 5 aliphatic rings. The zero-order chi connectivity index (χ0) is 51.5. The number of anilines is 3. The third-order valence-electron chi connectivity index (χ3n) is 15.1. The van der Waals surface area contributed by atoms with E-state index in [4.69, 9.17) is 15.8 Å². The number of nitrogens with one attached hydrogen (secondary N) is 3. The largest absolute Gasteiger partial charge is 0.416 e. The quantitative estimate of drug-likeness (QED) is 0.114. The summed E-state index contributed by atoms with van der Waals surface area (Å²) in [5.74, 6) is 0.298. The summed E-state index contributed by atoms with van der Waals surface area (Å²) in [6.45, 7) is 4.90. The Labute approximate surface area is 425 Å². The number of benzene rings is 1. The lowest BCUT2D eigenvalue weighted by Crippen LogP contribution is -2.65. The number of alkyl halides is 3. The first-order chi connectivity index (χ1) is 35.7. The molecule has 4 fully saturated rings. The molecule has 1 aliphatic carbocycles. The minimum absolute atomic E-state index is 0.00753. The van der Waals surface area contributed by atoms with E-state index in [1.165, 1.54) is 0 Å². The second kappa shape index (κ2) is 21.6. The van der Waals surface area contributed by atoms with Crippen LogP contribution in [-0.2, 0) is 27.1 Å². The van der Waals surface area contributed by atoms with Crippen molar-refractivity contribution < 1.29 is 37.1 Å².